The van der Waals surface area contributed by atoms with Gasteiger partial charge >= 0.3 is 11.9 Å². The van der Waals surface area contributed by atoms with Gasteiger partial charge in [0.05, 0.1) is 13.2 Å². The first kappa shape index (κ1) is 32.6. The quantitative estimate of drug-likeness (QED) is 0.0995. The number of carbonyl (C=O) groups excluding carboxylic acids is 2. The Hall–Kier alpha value is -1.58. The third-order valence-electron chi connectivity index (χ3n) is 5.24. The molecule has 0 unspecified atom stereocenters. The van der Waals surface area contributed by atoms with Crippen molar-refractivity contribution >= 4 is 11.9 Å². The molecule has 0 amide bonds. The average Bonchev–Trinajstić information content (AvgIpc) is 2.79. The predicted octanol–water partition coefficient (Wildman–Crippen LogP) is 8.49. The third-order valence-corrected chi connectivity index (χ3v) is 5.24. The molecule has 0 aliphatic carbocycles. The SMILES string of the molecule is C=CC(=O)OCCCOC(=O)C(=C)C.CCCCCCCCCCCCCCCCCC. The van der Waals surface area contributed by atoms with Crippen molar-refractivity contribution in [2.75, 3.05) is 13.2 Å². The van der Waals surface area contributed by atoms with Crippen LogP contribution in [0.5, 0.6) is 0 Å². The standard InChI is InChI=1S/C18H38.C10H14O4/c1-3-5-7-9-11-13-15-17-18-16-14-12-10-8-6-4-2;1-4-9(11)13-6-5-7-14-10(12)8(2)3/h3-18H2,1-2H3;4H,1-2,5-7H2,3H3. The molecule has 0 radical (unpaired) electrons. The zero-order valence-corrected chi connectivity index (χ0v) is 21.6. The fourth-order valence-electron chi connectivity index (χ4n) is 3.20. The highest BCUT2D eigenvalue weighted by molar-refractivity contribution is 5.86. The van der Waals surface area contributed by atoms with Gasteiger partial charge in [-0.2, -0.15) is 0 Å². The average molecular weight is 453 g/mol. The van der Waals surface area contributed by atoms with Gasteiger partial charge in [-0.3, -0.25) is 0 Å². The molecule has 0 heterocycles. The van der Waals surface area contributed by atoms with Gasteiger partial charge in [0.1, 0.15) is 0 Å². The summed E-state index contributed by atoms with van der Waals surface area (Å²) in [4.78, 5) is 21.4. The number of hydrogen-bond donors (Lipinski definition) is 0. The largest absolute Gasteiger partial charge is 0.462 e. The highest BCUT2D eigenvalue weighted by Gasteiger charge is 2.02. The Morgan fingerprint density at radius 3 is 1.28 bits per heavy atom. The van der Waals surface area contributed by atoms with Crippen LogP contribution in [0, 0.1) is 0 Å². The van der Waals surface area contributed by atoms with Gasteiger partial charge in [-0.1, -0.05) is 130 Å². The fourth-order valence-corrected chi connectivity index (χ4v) is 3.20. The van der Waals surface area contributed by atoms with Gasteiger partial charge in [0.15, 0.2) is 0 Å². The Morgan fingerprint density at radius 2 is 0.969 bits per heavy atom. The van der Waals surface area contributed by atoms with Crippen molar-refractivity contribution in [1.82, 2.24) is 0 Å². The zero-order chi connectivity index (χ0) is 24.3. The van der Waals surface area contributed by atoms with Crippen molar-refractivity contribution in [3.8, 4) is 0 Å². The second-order valence-electron chi connectivity index (χ2n) is 8.59. The van der Waals surface area contributed by atoms with E-state index in [1.807, 2.05) is 0 Å². The van der Waals surface area contributed by atoms with Crippen molar-refractivity contribution < 1.29 is 19.1 Å². The van der Waals surface area contributed by atoms with E-state index in [0.717, 1.165) is 6.08 Å². The van der Waals surface area contributed by atoms with E-state index in [1.165, 1.54) is 103 Å². The van der Waals surface area contributed by atoms with Gasteiger partial charge in [0.25, 0.3) is 0 Å². The van der Waals surface area contributed by atoms with E-state index in [-0.39, 0.29) is 13.2 Å². The lowest BCUT2D eigenvalue weighted by Gasteiger charge is -2.04. The highest BCUT2D eigenvalue weighted by Crippen LogP contribution is 2.13. The molecule has 4 nitrogen and oxygen atoms in total. The molecule has 0 N–H and O–H groups in total. The Kier molecular flexibility index (Phi) is 28.0. The van der Waals surface area contributed by atoms with E-state index in [1.54, 1.807) is 6.92 Å². The second-order valence-corrected chi connectivity index (χ2v) is 8.59. The van der Waals surface area contributed by atoms with Crippen LogP contribution in [0.3, 0.4) is 0 Å². The molecule has 0 bridgehead atoms. The smallest absolute Gasteiger partial charge is 0.333 e. The minimum atomic E-state index is -0.476. The first-order valence-corrected chi connectivity index (χ1v) is 13.1. The molecule has 0 saturated carbocycles. The maximum atomic E-state index is 10.9. The van der Waals surface area contributed by atoms with E-state index < -0.39 is 11.9 Å². The van der Waals surface area contributed by atoms with Crippen LogP contribution < -0.4 is 0 Å². The van der Waals surface area contributed by atoms with E-state index in [2.05, 4.69) is 31.7 Å². The monoisotopic (exact) mass is 452 g/mol. The van der Waals surface area contributed by atoms with Crippen LogP contribution in [0.15, 0.2) is 24.8 Å². The summed E-state index contributed by atoms with van der Waals surface area (Å²) in [5.41, 5.74) is 0.355. The van der Waals surface area contributed by atoms with Crippen LogP contribution in [-0.2, 0) is 19.1 Å². The van der Waals surface area contributed by atoms with Crippen LogP contribution in [0.1, 0.15) is 130 Å². The number of carbonyl (C=O) groups is 2. The summed E-state index contributed by atoms with van der Waals surface area (Å²) >= 11 is 0. The summed E-state index contributed by atoms with van der Waals surface area (Å²) in [6, 6.07) is 0. The molecule has 0 spiro atoms. The van der Waals surface area contributed by atoms with E-state index >= 15 is 0 Å². The lowest BCUT2D eigenvalue weighted by Crippen LogP contribution is -2.09. The molecule has 0 atom stereocenters. The molecule has 0 aromatic carbocycles. The van der Waals surface area contributed by atoms with Crippen molar-refractivity contribution in [1.29, 1.82) is 0 Å². The maximum absolute atomic E-state index is 10.9. The minimum absolute atomic E-state index is 0.217. The van der Waals surface area contributed by atoms with Gasteiger partial charge in [-0.25, -0.2) is 9.59 Å². The van der Waals surface area contributed by atoms with Crippen LogP contribution in [0.2, 0.25) is 0 Å². The normalized spacial score (nSPS) is 10.1. The van der Waals surface area contributed by atoms with Gasteiger partial charge in [0.2, 0.25) is 0 Å². The molecule has 0 fully saturated rings. The summed E-state index contributed by atoms with van der Waals surface area (Å²) in [5, 5.41) is 0. The molecule has 0 rings (SSSR count). The molecular weight excluding hydrogens is 400 g/mol. The van der Waals surface area contributed by atoms with Crippen molar-refractivity contribution in [3.63, 3.8) is 0 Å². The zero-order valence-electron chi connectivity index (χ0n) is 21.6. The fraction of sp³-hybridized carbons (Fsp3) is 0.786. The molecular formula is C28H52O4. The number of ether oxygens (including phenoxy) is 2. The molecule has 32 heavy (non-hydrogen) atoms. The van der Waals surface area contributed by atoms with Crippen molar-refractivity contribution in [3.05, 3.63) is 24.8 Å². The first-order valence-electron chi connectivity index (χ1n) is 13.1. The van der Waals surface area contributed by atoms with Crippen molar-refractivity contribution in [2.45, 2.75) is 130 Å². The number of unbranched alkanes of at least 4 members (excludes halogenated alkanes) is 15. The lowest BCUT2D eigenvalue weighted by molar-refractivity contribution is -0.140. The number of hydrogen-bond acceptors (Lipinski definition) is 4. The molecule has 0 aromatic heterocycles. The molecule has 0 aliphatic rings. The van der Waals surface area contributed by atoms with Gasteiger partial charge in [0, 0.05) is 18.1 Å². The van der Waals surface area contributed by atoms with Crippen LogP contribution >= 0.6 is 0 Å². The summed E-state index contributed by atoms with van der Waals surface area (Å²) in [7, 11) is 0. The van der Waals surface area contributed by atoms with Crippen molar-refractivity contribution in [2.24, 2.45) is 0 Å². The summed E-state index contributed by atoms with van der Waals surface area (Å²) < 4.78 is 9.43. The highest BCUT2D eigenvalue weighted by atomic mass is 16.5. The van der Waals surface area contributed by atoms with E-state index in [9.17, 15) is 9.59 Å². The Morgan fingerprint density at radius 1 is 0.625 bits per heavy atom. The van der Waals surface area contributed by atoms with Crippen LogP contribution in [0.4, 0.5) is 0 Å². The Labute approximate surface area is 199 Å². The topological polar surface area (TPSA) is 52.6 Å². The predicted molar refractivity (Wildman–Crippen MR) is 137 cm³/mol. The van der Waals surface area contributed by atoms with Gasteiger partial charge in [-0.15, -0.1) is 0 Å². The molecule has 4 heteroatoms. The third kappa shape index (κ3) is 28.4. The first-order chi connectivity index (χ1) is 15.5. The van der Waals surface area contributed by atoms with Crippen LogP contribution in [0.25, 0.3) is 0 Å². The van der Waals surface area contributed by atoms with Crippen LogP contribution in [-0.4, -0.2) is 25.2 Å². The van der Waals surface area contributed by atoms with E-state index in [0.29, 0.717) is 12.0 Å². The summed E-state index contributed by atoms with van der Waals surface area (Å²) in [6.07, 6.45) is 25.0. The Bertz CT molecular complexity index is 440. The summed E-state index contributed by atoms with van der Waals surface area (Å²) in [5.74, 6) is -0.906. The molecule has 0 saturated heterocycles. The van der Waals surface area contributed by atoms with Gasteiger partial charge < -0.3 is 9.47 Å². The summed E-state index contributed by atoms with van der Waals surface area (Å²) in [6.45, 7) is 13.3. The lowest BCUT2D eigenvalue weighted by atomic mass is 10.0. The number of rotatable bonds is 21. The second kappa shape index (κ2) is 27.5. The minimum Gasteiger partial charge on any atom is -0.462 e. The Balaban J connectivity index is 0. The number of esters is 2. The van der Waals surface area contributed by atoms with Gasteiger partial charge in [-0.05, 0) is 6.92 Å². The molecule has 0 aliphatic heterocycles. The molecule has 0 aromatic rings. The van der Waals surface area contributed by atoms with E-state index in [4.69, 9.17) is 4.74 Å². The maximum Gasteiger partial charge on any atom is 0.333 e. The molecule has 188 valence electrons.